The molecule has 48 heavy (non-hydrogen) atoms. The second-order valence-electron chi connectivity index (χ2n) is 11.3. The Kier molecular flexibility index (Phi) is 7.79. The zero-order valence-electron chi connectivity index (χ0n) is 25.8. The highest BCUT2D eigenvalue weighted by molar-refractivity contribution is 5.79. The molecule has 6 nitrogen and oxygen atoms in total. The van der Waals surface area contributed by atoms with Crippen LogP contribution in [0.4, 0.5) is 0 Å². The van der Waals surface area contributed by atoms with Crippen LogP contribution in [0.5, 0.6) is 0 Å². The summed E-state index contributed by atoms with van der Waals surface area (Å²) in [6, 6.07) is 51.1. The second kappa shape index (κ2) is 13.0. The third kappa shape index (κ3) is 6.10. The molecule has 0 aliphatic heterocycles. The monoisotopic (exact) mass is 616 g/mol. The third-order valence-electron chi connectivity index (χ3n) is 8.10. The quantitative estimate of drug-likeness (QED) is 0.177. The molecule has 0 aliphatic rings. The first kappa shape index (κ1) is 28.8. The second-order valence-corrected chi connectivity index (χ2v) is 11.3. The summed E-state index contributed by atoms with van der Waals surface area (Å²) in [5.41, 5.74) is 10.7. The van der Waals surface area contributed by atoms with Gasteiger partial charge < -0.3 is 0 Å². The summed E-state index contributed by atoms with van der Waals surface area (Å²) in [6.45, 7) is 0. The molecule has 4 aromatic heterocycles. The van der Waals surface area contributed by atoms with Crippen molar-refractivity contribution in [3.63, 3.8) is 0 Å². The van der Waals surface area contributed by atoms with Crippen molar-refractivity contribution in [1.29, 1.82) is 0 Å². The van der Waals surface area contributed by atoms with Crippen LogP contribution in [0.25, 0.3) is 79.1 Å². The lowest BCUT2D eigenvalue weighted by Gasteiger charge is -2.11. The van der Waals surface area contributed by atoms with E-state index in [1.54, 1.807) is 18.6 Å². The van der Waals surface area contributed by atoms with Crippen LogP contribution in [0.15, 0.2) is 170 Å². The van der Waals surface area contributed by atoms with Crippen molar-refractivity contribution in [2.24, 2.45) is 0 Å². The first-order chi connectivity index (χ1) is 23.8. The Hall–Kier alpha value is -6.66. The minimum Gasteiger partial charge on any atom is -0.265 e. The largest absolute Gasteiger partial charge is 0.265 e. The summed E-state index contributed by atoms with van der Waals surface area (Å²) < 4.78 is 0. The highest BCUT2D eigenvalue weighted by atomic mass is 15.0. The van der Waals surface area contributed by atoms with Gasteiger partial charge in [0.1, 0.15) is 0 Å². The Balaban J connectivity index is 1.16. The van der Waals surface area contributed by atoms with Crippen molar-refractivity contribution in [3.8, 4) is 79.1 Å². The number of hydrogen-bond donors (Lipinski definition) is 0. The van der Waals surface area contributed by atoms with Crippen LogP contribution in [-0.2, 0) is 0 Å². The highest BCUT2D eigenvalue weighted by Gasteiger charge is 2.14. The highest BCUT2D eigenvalue weighted by Crippen LogP contribution is 2.33. The molecule has 0 radical (unpaired) electrons. The number of benzene rings is 4. The molecule has 0 unspecified atom stereocenters. The van der Waals surface area contributed by atoms with E-state index in [-0.39, 0.29) is 0 Å². The van der Waals surface area contributed by atoms with Crippen molar-refractivity contribution in [2.45, 2.75) is 0 Å². The number of nitrogens with zero attached hydrogens (tertiary/aromatic N) is 6. The molecule has 8 aromatic rings. The van der Waals surface area contributed by atoms with E-state index in [1.807, 2.05) is 91.0 Å². The Morgan fingerprint density at radius 2 is 0.792 bits per heavy atom. The van der Waals surface area contributed by atoms with Gasteiger partial charge >= 0.3 is 0 Å². The van der Waals surface area contributed by atoms with Crippen LogP contribution in [0.1, 0.15) is 0 Å². The van der Waals surface area contributed by atoms with Crippen LogP contribution in [0.2, 0.25) is 0 Å². The number of aromatic nitrogens is 6. The van der Waals surface area contributed by atoms with E-state index in [0.29, 0.717) is 17.5 Å². The van der Waals surface area contributed by atoms with Crippen molar-refractivity contribution < 1.29 is 0 Å². The predicted octanol–water partition coefficient (Wildman–Crippen LogP) is 9.73. The molecule has 0 aliphatic carbocycles. The molecule has 4 heterocycles. The van der Waals surface area contributed by atoms with Gasteiger partial charge in [-0.15, -0.1) is 0 Å². The average molecular weight is 617 g/mol. The van der Waals surface area contributed by atoms with Crippen molar-refractivity contribution in [3.05, 3.63) is 170 Å². The SMILES string of the molecule is c1ccc(-c2nc(-c3ccccc3)nc(-c3ccc(-c4cccc(-c5cc(-c6ccncc6)nc(-c6ccccn6)c5)c4)cc3)n2)cc1. The van der Waals surface area contributed by atoms with E-state index in [2.05, 4.69) is 70.6 Å². The van der Waals surface area contributed by atoms with Gasteiger partial charge in [-0.25, -0.2) is 19.9 Å². The van der Waals surface area contributed by atoms with Gasteiger partial charge in [0.05, 0.1) is 17.1 Å². The summed E-state index contributed by atoms with van der Waals surface area (Å²) in [5, 5.41) is 0. The maximum Gasteiger partial charge on any atom is 0.164 e. The van der Waals surface area contributed by atoms with Gasteiger partial charge in [-0.3, -0.25) is 9.97 Å². The summed E-state index contributed by atoms with van der Waals surface area (Å²) >= 11 is 0. The first-order valence-corrected chi connectivity index (χ1v) is 15.7. The maximum atomic E-state index is 4.96. The van der Waals surface area contributed by atoms with Crippen molar-refractivity contribution in [1.82, 2.24) is 29.9 Å². The van der Waals surface area contributed by atoms with E-state index in [1.165, 1.54) is 0 Å². The normalized spacial score (nSPS) is 10.9. The number of rotatable bonds is 7. The zero-order valence-corrected chi connectivity index (χ0v) is 25.8. The first-order valence-electron chi connectivity index (χ1n) is 15.7. The van der Waals surface area contributed by atoms with Gasteiger partial charge in [-0.1, -0.05) is 109 Å². The van der Waals surface area contributed by atoms with E-state index in [0.717, 1.165) is 61.6 Å². The summed E-state index contributed by atoms with van der Waals surface area (Å²) in [5.74, 6) is 1.92. The molecule has 0 spiro atoms. The molecular formula is C42H28N6. The van der Waals surface area contributed by atoms with E-state index >= 15 is 0 Å². The average Bonchev–Trinajstić information content (AvgIpc) is 3.19. The molecular weight excluding hydrogens is 589 g/mol. The molecule has 0 saturated heterocycles. The van der Waals surface area contributed by atoms with E-state index < -0.39 is 0 Å². The lowest BCUT2D eigenvalue weighted by atomic mass is 9.97. The topological polar surface area (TPSA) is 77.3 Å². The molecule has 0 fully saturated rings. The van der Waals surface area contributed by atoms with Gasteiger partial charge in [-0.05, 0) is 64.7 Å². The molecule has 0 N–H and O–H groups in total. The third-order valence-corrected chi connectivity index (χ3v) is 8.10. The fourth-order valence-corrected chi connectivity index (χ4v) is 5.64. The maximum absolute atomic E-state index is 4.96. The Morgan fingerprint density at radius 1 is 0.271 bits per heavy atom. The van der Waals surface area contributed by atoms with Crippen molar-refractivity contribution in [2.75, 3.05) is 0 Å². The molecule has 226 valence electrons. The van der Waals surface area contributed by atoms with Crippen LogP contribution in [0.3, 0.4) is 0 Å². The minimum atomic E-state index is 0.630. The van der Waals surface area contributed by atoms with Gasteiger partial charge in [0.25, 0.3) is 0 Å². The van der Waals surface area contributed by atoms with Crippen LogP contribution >= 0.6 is 0 Å². The Morgan fingerprint density at radius 3 is 1.40 bits per heavy atom. The number of pyridine rings is 3. The van der Waals surface area contributed by atoms with Gasteiger partial charge in [0, 0.05) is 40.8 Å². The summed E-state index contributed by atoms with van der Waals surface area (Å²) in [6.07, 6.45) is 5.37. The van der Waals surface area contributed by atoms with Gasteiger partial charge in [0.2, 0.25) is 0 Å². The molecule has 0 bridgehead atoms. The molecule has 0 atom stereocenters. The smallest absolute Gasteiger partial charge is 0.164 e. The molecule has 8 rings (SSSR count). The van der Waals surface area contributed by atoms with Crippen LogP contribution < -0.4 is 0 Å². The number of hydrogen-bond acceptors (Lipinski definition) is 6. The minimum absolute atomic E-state index is 0.630. The lowest BCUT2D eigenvalue weighted by Crippen LogP contribution is -2.00. The fourth-order valence-electron chi connectivity index (χ4n) is 5.64. The summed E-state index contributed by atoms with van der Waals surface area (Å²) in [4.78, 5) is 28.3. The van der Waals surface area contributed by atoms with E-state index in [4.69, 9.17) is 19.9 Å². The lowest BCUT2D eigenvalue weighted by molar-refractivity contribution is 1.07. The van der Waals surface area contributed by atoms with Crippen LogP contribution in [-0.4, -0.2) is 29.9 Å². The molecule has 4 aromatic carbocycles. The Labute approximate surface area is 278 Å². The molecule has 0 amide bonds. The van der Waals surface area contributed by atoms with E-state index in [9.17, 15) is 0 Å². The fraction of sp³-hybridized carbons (Fsp3) is 0. The standard InChI is InChI=1S/C42H28N6/c1-3-10-31(11-4-1)40-46-41(32-12-5-2-6-13-32)48-42(47-40)33-19-17-29(18-20-33)34-14-9-15-35(26-34)36-27-38(30-21-24-43-25-22-30)45-39(28-36)37-16-7-8-23-44-37/h1-28H. The zero-order chi connectivity index (χ0) is 32.1. The molecule has 0 saturated carbocycles. The summed E-state index contributed by atoms with van der Waals surface area (Å²) in [7, 11) is 0. The van der Waals surface area contributed by atoms with Gasteiger partial charge in [-0.2, -0.15) is 0 Å². The van der Waals surface area contributed by atoms with Crippen molar-refractivity contribution >= 4 is 0 Å². The Bertz CT molecular complexity index is 2190. The predicted molar refractivity (Wildman–Crippen MR) is 191 cm³/mol. The van der Waals surface area contributed by atoms with Gasteiger partial charge in [0.15, 0.2) is 17.5 Å². The molecule has 6 heteroatoms. The van der Waals surface area contributed by atoms with Crippen LogP contribution in [0, 0.1) is 0 Å².